The van der Waals surface area contributed by atoms with Crippen LogP contribution in [0.25, 0.3) is 0 Å². The SMILES string of the molecule is ClCc1ncnn1Cc1ccc(Br)cc1Cl. The first-order chi connectivity index (χ1) is 7.70. The molecular weight excluding hydrogens is 313 g/mol. The molecule has 84 valence electrons. The van der Waals surface area contributed by atoms with Gasteiger partial charge >= 0.3 is 0 Å². The Morgan fingerprint density at radius 1 is 1.38 bits per heavy atom. The molecule has 1 aromatic carbocycles. The summed E-state index contributed by atoms with van der Waals surface area (Å²) < 4.78 is 2.69. The van der Waals surface area contributed by atoms with Crippen molar-refractivity contribution in [2.75, 3.05) is 0 Å². The van der Waals surface area contributed by atoms with Gasteiger partial charge < -0.3 is 0 Å². The highest BCUT2D eigenvalue weighted by atomic mass is 79.9. The van der Waals surface area contributed by atoms with Crippen LogP contribution in [0.4, 0.5) is 0 Å². The molecule has 6 heteroatoms. The quantitative estimate of drug-likeness (QED) is 0.811. The highest BCUT2D eigenvalue weighted by molar-refractivity contribution is 9.10. The molecule has 2 aromatic rings. The van der Waals surface area contributed by atoms with E-state index in [0.717, 1.165) is 15.9 Å². The summed E-state index contributed by atoms with van der Waals surface area (Å²) in [5, 5.41) is 4.80. The highest BCUT2D eigenvalue weighted by Gasteiger charge is 2.06. The third kappa shape index (κ3) is 2.56. The number of halogens is 3. The molecular formula is C10H8BrCl2N3. The van der Waals surface area contributed by atoms with Crippen molar-refractivity contribution in [1.82, 2.24) is 14.8 Å². The summed E-state index contributed by atoms with van der Waals surface area (Å²) in [5.74, 6) is 1.08. The molecule has 0 aliphatic heterocycles. The van der Waals surface area contributed by atoms with Gasteiger partial charge in [-0.2, -0.15) is 5.10 Å². The number of rotatable bonds is 3. The van der Waals surface area contributed by atoms with E-state index in [9.17, 15) is 0 Å². The van der Waals surface area contributed by atoms with Crippen molar-refractivity contribution >= 4 is 39.1 Å². The Kier molecular flexibility index (Phi) is 3.84. The molecule has 1 aromatic heterocycles. The van der Waals surface area contributed by atoms with Gasteiger partial charge in [0.2, 0.25) is 0 Å². The Hall–Kier alpha value is -0.580. The Morgan fingerprint density at radius 2 is 2.19 bits per heavy atom. The average molecular weight is 321 g/mol. The third-order valence-electron chi connectivity index (χ3n) is 2.15. The van der Waals surface area contributed by atoms with Gasteiger partial charge in [0.1, 0.15) is 12.2 Å². The van der Waals surface area contributed by atoms with Gasteiger partial charge in [0, 0.05) is 9.50 Å². The van der Waals surface area contributed by atoms with Crippen molar-refractivity contribution < 1.29 is 0 Å². The predicted octanol–water partition coefficient (Wildman–Crippen LogP) is 3.48. The fourth-order valence-electron chi connectivity index (χ4n) is 1.33. The molecule has 0 fully saturated rings. The summed E-state index contributed by atoms with van der Waals surface area (Å²) in [4.78, 5) is 4.05. The van der Waals surface area contributed by atoms with Crippen LogP contribution in [-0.4, -0.2) is 14.8 Å². The predicted molar refractivity (Wildman–Crippen MR) is 67.8 cm³/mol. The van der Waals surface area contributed by atoms with Gasteiger partial charge in [0.25, 0.3) is 0 Å². The molecule has 0 saturated heterocycles. The summed E-state index contributed by atoms with van der Waals surface area (Å²) in [5.41, 5.74) is 0.988. The lowest BCUT2D eigenvalue weighted by atomic mass is 10.2. The van der Waals surface area contributed by atoms with Crippen molar-refractivity contribution in [3.63, 3.8) is 0 Å². The fourth-order valence-corrected chi connectivity index (χ4v) is 2.28. The lowest BCUT2D eigenvalue weighted by Gasteiger charge is -2.06. The third-order valence-corrected chi connectivity index (χ3v) is 3.23. The molecule has 0 unspecified atom stereocenters. The van der Waals surface area contributed by atoms with Crippen LogP contribution >= 0.6 is 39.1 Å². The van der Waals surface area contributed by atoms with Crippen molar-refractivity contribution in [2.24, 2.45) is 0 Å². The van der Waals surface area contributed by atoms with E-state index in [1.165, 1.54) is 6.33 Å². The van der Waals surface area contributed by atoms with Crippen molar-refractivity contribution in [1.29, 1.82) is 0 Å². The van der Waals surface area contributed by atoms with Crippen LogP contribution in [0.1, 0.15) is 11.4 Å². The monoisotopic (exact) mass is 319 g/mol. The van der Waals surface area contributed by atoms with E-state index in [-0.39, 0.29) is 0 Å². The first-order valence-electron chi connectivity index (χ1n) is 4.57. The van der Waals surface area contributed by atoms with Gasteiger partial charge in [0.05, 0.1) is 12.4 Å². The van der Waals surface area contributed by atoms with Crippen molar-refractivity contribution in [3.05, 3.63) is 45.4 Å². The summed E-state index contributed by atoms with van der Waals surface area (Å²) in [6, 6.07) is 5.75. The zero-order valence-corrected chi connectivity index (χ0v) is 11.3. The molecule has 3 nitrogen and oxygen atoms in total. The minimum atomic E-state index is 0.341. The van der Waals surface area contributed by atoms with E-state index in [0.29, 0.717) is 17.4 Å². The number of alkyl halides is 1. The second-order valence-corrected chi connectivity index (χ2v) is 4.79. The molecule has 16 heavy (non-hydrogen) atoms. The van der Waals surface area contributed by atoms with Crippen LogP contribution in [0.15, 0.2) is 29.0 Å². The maximum atomic E-state index is 6.12. The average Bonchev–Trinajstić information content (AvgIpc) is 2.69. The van der Waals surface area contributed by atoms with Gasteiger partial charge in [-0.25, -0.2) is 9.67 Å². The van der Waals surface area contributed by atoms with E-state index >= 15 is 0 Å². The Bertz CT molecular complexity index is 499. The number of hydrogen-bond acceptors (Lipinski definition) is 2. The highest BCUT2D eigenvalue weighted by Crippen LogP contribution is 2.22. The summed E-state index contributed by atoms with van der Waals surface area (Å²) >= 11 is 15.2. The van der Waals surface area contributed by atoms with Crippen LogP contribution in [0.5, 0.6) is 0 Å². The number of benzene rings is 1. The van der Waals surface area contributed by atoms with Crippen molar-refractivity contribution in [3.8, 4) is 0 Å². The Morgan fingerprint density at radius 3 is 2.88 bits per heavy atom. The van der Waals surface area contributed by atoms with Crippen LogP contribution in [0, 0.1) is 0 Å². The van der Waals surface area contributed by atoms with Gasteiger partial charge in [0.15, 0.2) is 0 Å². The minimum absolute atomic E-state index is 0.341. The number of hydrogen-bond donors (Lipinski definition) is 0. The number of aromatic nitrogens is 3. The lowest BCUT2D eigenvalue weighted by Crippen LogP contribution is -2.06. The van der Waals surface area contributed by atoms with E-state index < -0.39 is 0 Å². The maximum Gasteiger partial charge on any atom is 0.142 e. The molecule has 0 saturated carbocycles. The Balaban J connectivity index is 2.27. The normalized spacial score (nSPS) is 10.7. The summed E-state index contributed by atoms with van der Waals surface area (Å²) in [6.07, 6.45) is 1.49. The van der Waals surface area contributed by atoms with Crippen LogP contribution < -0.4 is 0 Å². The molecule has 0 radical (unpaired) electrons. The molecule has 0 bridgehead atoms. The van der Waals surface area contributed by atoms with Crippen molar-refractivity contribution in [2.45, 2.75) is 12.4 Å². The molecule has 1 heterocycles. The molecule has 0 spiro atoms. The second-order valence-electron chi connectivity index (χ2n) is 3.20. The molecule has 0 aliphatic rings. The Labute approximate surface area is 112 Å². The van der Waals surface area contributed by atoms with E-state index in [4.69, 9.17) is 23.2 Å². The number of nitrogens with zero attached hydrogens (tertiary/aromatic N) is 3. The lowest BCUT2D eigenvalue weighted by molar-refractivity contribution is 0.656. The molecule has 0 N–H and O–H groups in total. The van der Waals surface area contributed by atoms with Crippen LogP contribution in [0.2, 0.25) is 5.02 Å². The molecule has 0 atom stereocenters. The van der Waals surface area contributed by atoms with Gasteiger partial charge in [-0.1, -0.05) is 33.6 Å². The first-order valence-corrected chi connectivity index (χ1v) is 6.28. The van der Waals surface area contributed by atoms with E-state index in [1.54, 1.807) is 4.68 Å². The summed E-state index contributed by atoms with van der Waals surface area (Å²) in [7, 11) is 0. The van der Waals surface area contributed by atoms with E-state index in [2.05, 4.69) is 26.0 Å². The fraction of sp³-hybridized carbons (Fsp3) is 0.200. The second kappa shape index (κ2) is 5.17. The topological polar surface area (TPSA) is 30.7 Å². The van der Waals surface area contributed by atoms with Crippen LogP contribution in [0.3, 0.4) is 0 Å². The van der Waals surface area contributed by atoms with Gasteiger partial charge in [-0.05, 0) is 17.7 Å². The molecule has 0 aliphatic carbocycles. The zero-order chi connectivity index (χ0) is 11.5. The maximum absolute atomic E-state index is 6.12. The first kappa shape index (κ1) is 11.9. The largest absolute Gasteiger partial charge is 0.244 e. The minimum Gasteiger partial charge on any atom is -0.244 e. The zero-order valence-electron chi connectivity index (χ0n) is 8.20. The van der Waals surface area contributed by atoms with Crippen LogP contribution in [-0.2, 0) is 12.4 Å². The standard InChI is InChI=1S/C10H8BrCl2N3/c11-8-2-1-7(9(13)3-8)5-16-10(4-12)14-6-15-16/h1-3,6H,4-5H2. The van der Waals surface area contributed by atoms with Gasteiger partial charge in [-0.15, -0.1) is 11.6 Å². The van der Waals surface area contributed by atoms with Gasteiger partial charge in [-0.3, -0.25) is 0 Å². The molecule has 2 rings (SSSR count). The smallest absolute Gasteiger partial charge is 0.142 e. The molecule has 0 amide bonds. The summed E-state index contributed by atoms with van der Waals surface area (Å²) in [6.45, 7) is 0.578. The van der Waals surface area contributed by atoms with E-state index in [1.807, 2.05) is 18.2 Å².